The number of likely N-dealkylation sites (tertiary alicyclic amines) is 1. The Morgan fingerprint density at radius 1 is 1.25 bits per heavy atom. The molecule has 4 unspecified atom stereocenters. The van der Waals surface area contributed by atoms with Crippen molar-refractivity contribution in [3.8, 4) is 0 Å². The number of rotatable bonds is 3. The van der Waals surface area contributed by atoms with E-state index in [1.54, 1.807) is 0 Å². The Labute approximate surface area is 101 Å². The van der Waals surface area contributed by atoms with E-state index in [0.717, 1.165) is 23.8 Å². The van der Waals surface area contributed by atoms with E-state index in [-0.39, 0.29) is 0 Å². The van der Waals surface area contributed by atoms with Gasteiger partial charge in [-0.2, -0.15) is 0 Å². The first-order valence-electron chi connectivity index (χ1n) is 7.13. The molecular formula is C14H28N2. The Morgan fingerprint density at radius 3 is 2.56 bits per heavy atom. The minimum Gasteiger partial charge on any atom is -0.327 e. The zero-order valence-electron chi connectivity index (χ0n) is 11.2. The maximum atomic E-state index is 6.27. The van der Waals surface area contributed by atoms with Crippen molar-refractivity contribution < 1.29 is 0 Å². The van der Waals surface area contributed by atoms with Gasteiger partial charge in [-0.15, -0.1) is 0 Å². The number of nitrogens with two attached hydrogens (primary N) is 1. The van der Waals surface area contributed by atoms with Crippen molar-refractivity contribution in [2.24, 2.45) is 23.5 Å². The van der Waals surface area contributed by atoms with E-state index >= 15 is 0 Å². The number of nitrogens with zero attached hydrogens (tertiary/aromatic N) is 1. The van der Waals surface area contributed by atoms with Crippen molar-refractivity contribution in [1.29, 1.82) is 0 Å². The van der Waals surface area contributed by atoms with Gasteiger partial charge in [-0.25, -0.2) is 0 Å². The second kappa shape index (κ2) is 5.05. The first-order valence-corrected chi connectivity index (χ1v) is 7.13. The molecule has 2 rings (SSSR count). The summed E-state index contributed by atoms with van der Waals surface area (Å²) in [6.07, 6.45) is 5.32. The van der Waals surface area contributed by atoms with Crippen LogP contribution < -0.4 is 5.73 Å². The molecule has 2 N–H and O–H groups in total. The summed E-state index contributed by atoms with van der Waals surface area (Å²) in [6.45, 7) is 9.62. The van der Waals surface area contributed by atoms with Crippen LogP contribution in [0.5, 0.6) is 0 Å². The van der Waals surface area contributed by atoms with Gasteiger partial charge in [0.15, 0.2) is 0 Å². The Morgan fingerprint density at radius 2 is 2.00 bits per heavy atom. The highest BCUT2D eigenvalue weighted by molar-refractivity contribution is 4.95. The van der Waals surface area contributed by atoms with Gasteiger partial charge in [0, 0.05) is 25.2 Å². The zero-order valence-corrected chi connectivity index (χ0v) is 11.2. The second-order valence-electron chi connectivity index (χ2n) is 6.19. The van der Waals surface area contributed by atoms with E-state index in [9.17, 15) is 0 Å². The standard InChI is InChI=1S/C14H28N2/c1-4-14(10(2)3)16-8-11-6-5-7-13(15)12(11)9-16/h10-14H,4-9,15H2,1-3H3. The van der Waals surface area contributed by atoms with Gasteiger partial charge in [0.05, 0.1) is 0 Å². The molecule has 2 heteroatoms. The van der Waals surface area contributed by atoms with E-state index in [1.807, 2.05) is 0 Å². The first-order chi connectivity index (χ1) is 7.63. The maximum absolute atomic E-state index is 6.27. The largest absolute Gasteiger partial charge is 0.327 e. The summed E-state index contributed by atoms with van der Waals surface area (Å²) in [5.74, 6) is 2.47. The number of hydrogen-bond donors (Lipinski definition) is 1. The molecule has 0 amide bonds. The van der Waals surface area contributed by atoms with Crippen LogP contribution in [-0.4, -0.2) is 30.1 Å². The normalized spacial score (nSPS) is 37.7. The highest BCUT2D eigenvalue weighted by Crippen LogP contribution is 2.37. The van der Waals surface area contributed by atoms with Crippen molar-refractivity contribution in [3.63, 3.8) is 0 Å². The van der Waals surface area contributed by atoms with Crippen LogP contribution >= 0.6 is 0 Å². The monoisotopic (exact) mass is 224 g/mol. The molecule has 0 radical (unpaired) electrons. The van der Waals surface area contributed by atoms with Gasteiger partial charge in [-0.05, 0) is 37.0 Å². The lowest BCUT2D eigenvalue weighted by Gasteiger charge is -2.31. The summed E-state index contributed by atoms with van der Waals surface area (Å²) < 4.78 is 0. The summed E-state index contributed by atoms with van der Waals surface area (Å²) in [6, 6.07) is 1.26. The Hall–Kier alpha value is -0.0800. The summed E-state index contributed by atoms with van der Waals surface area (Å²) in [7, 11) is 0. The smallest absolute Gasteiger partial charge is 0.0116 e. The predicted octanol–water partition coefficient (Wildman–Crippen LogP) is 2.48. The highest BCUT2D eigenvalue weighted by atomic mass is 15.2. The van der Waals surface area contributed by atoms with Crippen molar-refractivity contribution >= 4 is 0 Å². The van der Waals surface area contributed by atoms with Crippen LogP contribution in [0.15, 0.2) is 0 Å². The number of hydrogen-bond acceptors (Lipinski definition) is 2. The third kappa shape index (κ3) is 2.28. The molecule has 0 bridgehead atoms. The van der Waals surface area contributed by atoms with E-state index in [4.69, 9.17) is 5.73 Å². The zero-order chi connectivity index (χ0) is 11.7. The van der Waals surface area contributed by atoms with Crippen molar-refractivity contribution in [1.82, 2.24) is 4.90 Å². The van der Waals surface area contributed by atoms with Crippen LogP contribution in [0.3, 0.4) is 0 Å². The first kappa shape index (κ1) is 12.4. The molecule has 2 nitrogen and oxygen atoms in total. The molecule has 0 aromatic rings. The molecule has 1 heterocycles. The van der Waals surface area contributed by atoms with Crippen molar-refractivity contribution in [3.05, 3.63) is 0 Å². The van der Waals surface area contributed by atoms with Crippen LogP contribution in [0.4, 0.5) is 0 Å². The van der Waals surface area contributed by atoms with E-state index in [2.05, 4.69) is 25.7 Å². The highest BCUT2D eigenvalue weighted by Gasteiger charge is 2.40. The van der Waals surface area contributed by atoms with Crippen molar-refractivity contribution in [2.75, 3.05) is 13.1 Å². The molecule has 2 aliphatic rings. The fourth-order valence-corrected chi connectivity index (χ4v) is 3.97. The van der Waals surface area contributed by atoms with Crippen molar-refractivity contribution in [2.45, 2.75) is 58.5 Å². The SMILES string of the molecule is CCC(C(C)C)N1CC2CCCC(N)C2C1. The van der Waals surface area contributed by atoms with E-state index < -0.39 is 0 Å². The minimum absolute atomic E-state index is 0.480. The number of fused-ring (bicyclic) bond motifs is 1. The third-order valence-corrected chi connectivity index (χ3v) is 4.84. The molecule has 1 saturated heterocycles. The maximum Gasteiger partial charge on any atom is 0.0116 e. The second-order valence-corrected chi connectivity index (χ2v) is 6.19. The van der Waals surface area contributed by atoms with Crippen LogP contribution in [0.1, 0.15) is 46.5 Å². The predicted molar refractivity (Wildman–Crippen MR) is 69.3 cm³/mol. The topological polar surface area (TPSA) is 29.3 Å². The molecule has 94 valence electrons. The summed E-state index contributed by atoms with van der Waals surface area (Å²) in [5.41, 5.74) is 6.27. The molecule has 0 spiro atoms. The van der Waals surface area contributed by atoms with E-state index in [1.165, 1.54) is 38.8 Å². The van der Waals surface area contributed by atoms with Gasteiger partial charge in [0.25, 0.3) is 0 Å². The Kier molecular flexibility index (Phi) is 3.91. The van der Waals surface area contributed by atoms with Crippen LogP contribution in [0, 0.1) is 17.8 Å². The molecule has 4 atom stereocenters. The molecule has 0 aromatic heterocycles. The van der Waals surface area contributed by atoms with Gasteiger partial charge in [0.2, 0.25) is 0 Å². The molecule has 16 heavy (non-hydrogen) atoms. The van der Waals surface area contributed by atoms with Gasteiger partial charge in [-0.3, -0.25) is 4.90 Å². The fourth-order valence-electron chi connectivity index (χ4n) is 3.97. The third-order valence-electron chi connectivity index (χ3n) is 4.84. The molecule has 1 saturated carbocycles. The van der Waals surface area contributed by atoms with Gasteiger partial charge in [0.1, 0.15) is 0 Å². The van der Waals surface area contributed by atoms with Crippen LogP contribution in [0.25, 0.3) is 0 Å². The van der Waals surface area contributed by atoms with Gasteiger partial charge in [-0.1, -0.05) is 27.2 Å². The Bertz CT molecular complexity index is 227. The quantitative estimate of drug-likeness (QED) is 0.798. The summed E-state index contributed by atoms with van der Waals surface area (Å²) in [4.78, 5) is 2.73. The van der Waals surface area contributed by atoms with Gasteiger partial charge >= 0.3 is 0 Å². The minimum atomic E-state index is 0.480. The molecule has 0 aromatic carbocycles. The van der Waals surface area contributed by atoms with E-state index in [0.29, 0.717) is 6.04 Å². The molecule has 1 aliphatic carbocycles. The Balaban J connectivity index is 2.00. The lowest BCUT2D eigenvalue weighted by Crippen LogP contribution is -2.40. The molecule has 2 fully saturated rings. The fraction of sp³-hybridized carbons (Fsp3) is 1.00. The lowest BCUT2D eigenvalue weighted by atomic mass is 9.78. The van der Waals surface area contributed by atoms with Crippen LogP contribution in [-0.2, 0) is 0 Å². The summed E-state index contributed by atoms with van der Waals surface area (Å²) >= 11 is 0. The average molecular weight is 224 g/mol. The average Bonchev–Trinajstić information content (AvgIpc) is 2.63. The summed E-state index contributed by atoms with van der Waals surface area (Å²) in [5, 5.41) is 0. The molecule has 1 aliphatic heterocycles. The van der Waals surface area contributed by atoms with Gasteiger partial charge < -0.3 is 5.73 Å². The lowest BCUT2D eigenvalue weighted by molar-refractivity contribution is 0.175. The molecular weight excluding hydrogens is 196 g/mol. The van der Waals surface area contributed by atoms with Crippen LogP contribution in [0.2, 0.25) is 0 Å².